The van der Waals surface area contributed by atoms with E-state index in [4.69, 9.17) is 23.7 Å². The normalized spacial score (nSPS) is 23.1. The highest BCUT2D eigenvalue weighted by Gasteiger charge is 2.45. The Morgan fingerprint density at radius 2 is 1.69 bits per heavy atom. The first kappa shape index (κ1) is 18.6. The van der Waals surface area contributed by atoms with E-state index in [-0.39, 0.29) is 25.6 Å². The fourth-order valence-electron chi connectivity index (χ4n) is 4.47. The Morgan fingerprint density at radius 3 is 2.52 bits per heavy atom. The van der Waals surface area contributed by atoms with E-state index < -0.39 is 6.10 Å². The van der Waals surface area contributed by atoms with Crippen LogP contribution in [0.3, 0.4) is 0 Å². The Hall–Kier alpha value is -2.45. The van der Waals surface area contributed by atoms with Crippen LogP contribution in [0.5, 0.6) is 23.0 Å². The van der Waals surface area contributed by atoms with Gasteiger partial charge >= 0.3 is 5.97 Å². The van der Waals surface area contributed by atoms with Crippen LogP contribution in [-0.4, -0.2) is 43.9 Å². The Bertz CT molecular complexity index is 994. The van der Waals surface area contributed by atoms with Crippen LogP contribution in [0.15, 0.2) is 24.3 Å². The minimum absolute atomic E-state index is 0.103. The minimum atomic E-state index is -0.411. The highest BCUT2D eigenvalue weighted by atomic mass is 79.9. The quantitative estimate of drug-likeness (QED) is 0.474. The van der Waals surface area contributed by atoms with Crippen molar-refractivity contribution in [3.63, 3.8) is 0 Å². The smallest absolute Gasteiger partial charge is 0.343 e. The summed E-state index contributed by atoms with van der Waals surface area (Å²) in [6, 6.07) is 7.73. The first-order valence-electron chi connectivity index (χ1n) is 9.34. The molecule has 4 aliphatic rings. The molecule has 0 aliphatic carbocycles. The molecular weight excluding hydrogens is 442 g/mol. The number of carbonyl (C=O) groups excluding carboxylic acids is 1. The molecule has 0 spiro atoms. The van der Waals surface area contributed by atoms with Gasteiger partial charge in [-0.25, -0.2) is 4.79 Å². The van der Waals surface area contributed by atoms with Gasteiger partial charge in [0.2, 0.25) is 13.6 Å². The molecule has 0 aromatic heterocycles. The second kappa shape index (κ2) is 7.11. The number of benzene rings is 2. The number of halogens is 1. The molecule has 152 valence electrons. The zero-order valence-corrected chi connectivity index (χ0v) is 17.7. The summed E-state index contributed by atoms with van der Waals surface area (Å²) in [5, 5.41) is 0. The second-order valence-electron chi connectivity index (χ2n) is 7.17. The molecule has 2 aromatic carbocycles. The summed E-state index contributed by atoms with van der Waals surface area (Å²) in [5.74, 6) is 4.05. The summed E-state index contributed by atoms with van der Waals surface area (Å²) in [6.45, 7) is 1.23. The van der Waals surface area contributed by atoms with E-state index in [0.717, 1.165) is 35.6 Å². The molecule has 7 nitrogen and oxygen atoms in total. The van der Waals surface area contributed by atoms with E-state index >= 15 is 0 Å². The molecule has 0 fully saturated rings. The molecule has 0 unspecified atom stereocenters. The van der Waals surface area contributed by atoms with Gasteiger partial charge in [0.05, 0.1) is 6.04 Å². The maximum Gasteiger partial charge on any atom is 0.343 e. The fraction of sp³-hybridized carbons (Fsp3) is 0.381. The molecule has 2 atom stereocenters. The molecule has 6 rings (SSSR count). The summed E-state index contributed by atoms with van der Waals surface area (Å²) >= 11 is 2.94. The molecule has 0 radical (unpaired) electrons. The lowest BCUT2D eigenvalue weighted by Crippen LogP contribution is -2.36. The molecule has 0 saturated heterocycles. The van der Waals surface area contributed by atoms with Crippen molar-refractivity contribution in [3.05, 3.63) is 46.5 Å². The van der Waals surface area contributed by atoms with E-state index in [0.29, 0.717) is 17.1 Å². The van der Waals surface area contributed by atoms with Crippen molar-refractivity contribution in [3.8, 4) is 23.0 Å². The van der Waals surface area contributed by atoms with Gasteiger partial charge in [0, 0.05) is 12.1 Å². The van der Waals surface area contributed by atoms with Crippen molar-refractivity contribution in [2.45, 2.75) is 18.6 Å². The fourth-order valence-corrected chi connectivity index (χ4v) is 4.47. The summed E-state index contributed by atoms with van der Waals surface area (Å²) < 4.78 is 27.9. The average molecular weight is 462 g/mol. The van der Waals surface area contributed by atoms with Crippen molar-refractivity contribution in [1.29, 1.82) is 0 Å². The first-order valence-corrected chi connectivity index (χ1v) is 10.9. The maximum absolute atomic E-state index is 12.7. The van der Waals surface area contributed by atoms with Crippen LogP contribution in [0.25, 0.3) is 0 Å². The Labute approximate surface area is 176 Å². The van der Waals surface area contributed by atoms with Crippen molar-refractivity contribution in [2.75, 3.05) is 33.0 Å². The Kier molecular flexibility index (Phi) is 4.55. The summed E-state index contributed by atoms with van der Waals surface area (Å²) in [4.78, 5) is 14.9. The molecule has 0 saturated carbocycles. The van der Waals surface area contributed by atoms with Crippen molar-refractivity contribution >= 4 is 21.9 Å². The van der Waals surface area contributed by atoms with Crippen molar-refractivity contribution in [1.82, 2.24) is 4.90 Å². The molecule has 0 N–H and O–H groups in total. The summed E-state index contributed by atoms with van der Waals surface area (Å²) in [5.41, 5.74) is 3.63. The third-order valence-corrected chi connectivity index (χ3v) is 5.76. The number of likely N-dealkylation sites (N-methyl/N-ethyl adjacent to an activating group) is 1. The number of rotatable bonds is 1. The van der Waals surface area contributed by atoms with E-state index in [1.54, 1.807) is 0 Å². The predicted molar refractivity (Wildman–Crippen MR) is 107 cm³/mol. The third-order valence-electron chi connectivity index (χ3n) is 5.76. The van der Waals surface area contributed by atoms with Crippen LogP contribution in [-0.2, 0) is 11.2 Å². The monoisotopic (exact) mass is 461 g/mol. The van der Waals surface area contributed by atoms with E-state index in [9.17, 15) is 4.79 Å². The van der Waals surface area contributed by atoms with E-state index in [2.05, 4.69) is 33.9 Å². The molecule has 2 aromatic rings. The molecule has 4 aliphatic heterocycles. The number of hydrogen-bond donors (Lipinski definition) is 0. The third kappa shape index (κ3) is 2.77. The number of carbonyl (C=O) groups is 1. The van der Waals surface area contributed by atoms with Gasteiger partial charge in [-0.1, -0.05) is 22.0 Å². The number of nitrogens with zero attached hydrogens (tertiary/aromatic N) is 1. The number of cyclic esters (lactones) is 1. The SMILES string of the molecule is CBr.CN1CCc2cc3c(cc2[C@H]1[C@@H]1OC(=O)c2c1ccc1c2OCO1)OCO3. The van der Waals surface area contributed by atoms with Gasteiger partial charge in [-0.05, 0) is 48.6 Å². The Balaban J connectivity index is 0.000000882. The highest BCUT2D eigenvalue weighted by molar-refractivity contribution is 9.08. The molecule has 8 heteroatoms. The van der Waals surface area contributed by atoms with Gasteiger partial charge in [0.1, 0.15) is 11.7 Å². The molecule has 29 heavy (non-hydrogen) atoms. The van der Waals surface area contributed by atoms with Crippen LogP contribution in [0.1, 0.15) is 39.2 Å². The number of hydrogen-bond acceptors (Lipinski definition) is 7. The van der Waals surface area contributed by atoms with Gasteiger partial charge in [-0.3, -0.25) is 4.90 Å². The summed E-state index contributed by atoms with van der Waals surface area (Å²) in [6.07, 6.45) is 0.500. The van der Waals surface area contributed by atoms with Crippen LogP contribution < -0.4 is 18.9 Å². The maximum atomic E-state index is 12.7. The van der Waals surface area contributed by atoms with Crippen molar-refractivity contribution in [2.24, 2.45) is 0 Å². The van der Waals surface area contributed by atoms with Gasteiger partial charge in [0.15, 0.2) is 23.0 Å². The average Bonchev–Trinajstić information content (AvgIpc) is 3.46. The standard InChI is InChI=1S/C20H17NO6.CH3Br/c1-21-5-4-10-6-14-15(25-8-24-14)7-12(10)17(21)18-11-2-3-13-19(26-9-23-13)16(11)20(22)27-18;1-2/h2-3,6-7,17-18H,4-5,8-9H2,1H3;1H3/t17-,18+;/m0./s1. The van der Waals surface area contributed by atoms with Gasteiger partial charge in [-0.15, -0.1) is 0 Å². The topological polar surface area (TPSA) is 66.5 Å². The van der Waals surface area contributed by atoms with E-state index in [1.807, 2.05) is 24.0 Å². The number of ether oxygens (including phenoxy) is 5. The predicted octanol–water partition coefficient (Wildman–Crippen LogP) is 3.60. The van der Waals surface area contributed by atoms with Gasteiger partial charge < -0.3 is 23.7 Å². The van der Waals surface area contributed by atoms with Crippen LogP contribution in [0.2, 0.25) is 0 Å². The van der Waals surface area contributed by atoms with Crippen LogP contribution >= 0.6 is 15.9 Å². The summed E-state index contributed by atoms with van der Waals surface area (Å²) in [7, 11) is 2.05. The van der Waals surface area contributed by atoms with E-state index in [1.165, 1.54) is 5.56 Å². The van der Waals surface area contributed by atoms with Crippen molar-refractivity contribution < 1.29 is 28.5 Å². The molecule has 0 amide bonds. The number of fused-ring (bicyclic) bond motifs is 5. The lowest BCUT2D eigenvalue weighted by Gasteiger charge is -2.37. The minimum Gasteiger partial charge on any atom is -0.454 e. The lowest BCUT2D eigenvalue weighted by molar-refractivity contribution is 0.00932. The molecule has 0 bridgehead atoms. The molecule has 4 heterocycles. The lowest BCUT2D eigenvalue weighted by atomic mass is 9.86. The largest absolute Gasteiger partial charge is 0.454 e. The highest BCUT2D eigenvalue weighted by Crippen LogP contribution is 2.51. The second-order valence-corrected chi connectivity index (χ2v) is 7.17. The first-order chi connectivity index (χ1) is 14.2. The number of esters is 1. The van der Waals surface area contributed by atoms with Gasteiger partial charge in [-0.2, -0.15) is 0 Å². The zero-order chi connectivity index (χ0) is 20.1. The van der Waals surface area contributed by atoms with Crippen LogP contribution in [0.4, 0.5) is 0 Å². The van der Waals surface area contributed by atoms with Crippen LogP contribution in [0, 0.1) is 0 Å². The molecular formula is C21H20BrNO6. The Morgan fingerprint density at radius 1 is 0.966 bits per heavy atom. The number of alkyl halides is 1. The van der Waals surface area contributed by atoms with Gasteiger partial charge in [0.25, 0.3) is 0 Å². The zero-order valence-electron chi connectivity index (χ0n) is 16.1.